The highest BCUT2D eigenvalue weighted by molar-refractivity contribution is 4.57. The summed E-state index contributed by atoms with van der Waals surface area (Å²) in [5.41, 5.74) is 0. The Kier molecular flexibility index (Phi) is 17.9. The van der Waals surface area contributed by atoms with Gasteiger partial charge in [0.05, 0.1) is 6.10 Å². The summed E-state index contributed by atoms with van der Waals surface area (Å²) in [4.78, 5) is 0. The van der Waals surface area contributed by atoms with Crippen LogP contribution < -0.4 is 0 Å². The lowest BCUT2D eigenvalue weighted by molar-refractivity contribution is 0.146. The van der Waals surface area contributed by atoms with Gasteiger partial charge in [-0.15, -0.1) is 0 Å². The highest BCUT2D eigenvalue weighted by Gasteiger charge is 2.03. The summed E-state index contributed by atoms with van der Waals surface area (Å²) in [6.45, 7) is 2.56. The molecular weight excluding hydrogens is 260 g/mol. The largest absolute Gasteiger partial charge is 0.396 e. The van der Waals surface area contributed by atoms with Crippen molar-refractivity contribution < 1.29 is 10.2 Å². The van der Waals surface area contributed by atoms with Crippen molar-refractivity contribution in [2.45, 2.75) is 116 Å². The second-order valence-corrected chi connectivity index (χ2v) is 6.55. The lowest BCUT2D eigenvalue weighted by Crippen LogP contribution is -2.06. The molecule has 0 radical (unpaired) electrons. The Morgan fingerprint density at radius 1 is 0.571 bits per heavy atom. The maximum atomic E-state index is 9.83. The summed E-state index contributed by atoms with van der Waals surface area (Å²) in [5.74, 6) is 0. The Morgan fingerprint density at radius 3 is 1.38 bits per heavy atom. The maximum absolute atomic E-state index is 9.83. The van der Waals surface area contributed by atoms with Crippen LogP contribution in [0.15, 0.2) is 0 Å². The van der Waals surface area contributed by atoms with E-state index < -0.39 is 0 Å². The first-order chi connectivity index (χ1) is 10.3. The fourth-order valence-corrected chi connectivity index (χ4v) is 2.86. The molecule has 0 saturated heterocycles. The molecule has 0 bridgehead atoms. The minimum absolute atomic E-state index is 0.109. The van der Waals surface area contributed by atoms with Gasteiger partial charge in [-0.25, -0.2) is 0 Å². The minimum Gasteiger partial charge on any atom is -0.396 e. The summed E-state index contributed by atoms with van der Waals surface area (Å²) >= 11 is 0. The summed E-state index contributed by atoms with van der Waals surface area (Å²) < 4.78 is 0. The number of rotatable bonds is 17. The molecule has 0 amide bonds. The van der Waals surface area contributed by atoms with Crippen molar-refractivity contribution in [2.75, 3.05) is 6.61 Å². The van der Waals surface area contributed by atoms with Crippen molar-refractivity contribution in [2.24, 2.45) is 0 Å². The Morgan fingerprint density at radius 2 is 0.952 bits per heavy atom. The fourth-order valence-electron chi connectivity index (χ4n) is 2.86. The number of aliphatic hydroxyl groups excluding tert-OH is 2. The van der Waals surface area contributed by atoms with Crippen LogP contribution in [0, 0.1) is 0 Å². The molecule has 2 nitrogen and oxygen atoms in total. The third-order valence-corrected chi connectivity index (χ3v) is 4.34. The van der Waals surface area contributed by atoms with Crippen LogP contribution in [-0.2, 0) is 0 Å². The number of hydrogen-bond acceptors (Lipinski definition) is 2. The molecule has 0 fully saturated rings. The molecule has 0 aromatic heterocycles. The summed E-state index contributed by atoms with van der Waals surface area (Å²) in [7, 11) is 0. The molecule has 0 aromatic rings. The Bertz CT molecular complexity index is 182. The average Bonchev–Trinajstić information content (AvgIpc) is 2.49. The molecule has 128 valence electrons. The third-order valence-electron chi connectivity index (χ3n) is 4.34. The van der Waals surface area contributed by atoms with E-state index in [0.29, 0.717) is 0 Å². The molecule has 0 aromatic carbocycles. The summed E-state index contributed by atoms with van der Waals surface area (Å²) in [6, 6.07) is 0. The SMILES string of the molecule is CCCCCCCCCCCCCC(O)CCCCCO. The number of aliphatic hydroxyl groups is 2. The van der Waals surface area contributed by atoms with Crippen LogP contribution >= 0.6 is 0 Å². The molecule has 0 spiro atoms. The first-order valence-corrected chi connectivity index (χ1v) is 9.60. The topological polar surface area (TPSA) is 40.5 Å². The van der Waals surface area contributed by atoms with Gasteiger partial charge in [-0.3, -0.25) is 0 Å². The molecule has 1 unspecified atom stereocenters. The van der Waals surface area contributed by atoms with Gasteiger partial charge in [-0.2, -0.15) is 0 Å². The predicted octanol–water partition coefficient (Wildman–Crippen LogP) is 5.60. The highest BCUT2D eigenvalue weighted by Crippen LogP contribution is 2.14. The smallest absolute Gasteiger partial charge is 0.0540 e. The molecule has 0 aliphatic carbocycles. The van der Waals surface area contributed by atoms with Gasteiger partial charge in [-0.05, 0) is 19.3 Å². The van der Waals surface area contributed by atoms with Crippen molar-refractivity contribution in [3.63, 3.8) is 0 Å². The van der Waals surface area contributed by atoms with Gasteiger partial charge in [0, 0.05) is 6.61 Å². The zero-order valence-corrected chi connectivity index (χ0v) is 14.5. The lowest BCUT2D eigenvalue weighted by atomic mass is 10.0. The van der Waals surface area contributed by atoms with Gasteiger partial charge in [-0.1, -0.05) is 90.4 Å². The molecule has 0 rings (SSSR count). The van der Waals surface area contributed by atoms with Gasteiger partial charge >= 0.3 is 0 Å². The van der Waals surface area contributed by atoms with Crippen LogP contribution in [0.3, 0.4) is 0 Å². The molecule has 1 atom stereocenters. The summed E-state index contributed by atoms with van der Waals surface area (Å²) in [6.07, 6.45) is 19.8. The quantitative estimate of drug-likeness (QED) is 0.343. The maximum Gasteiger partial charge on any atom is 0.0540 e. The lowest BCUT2D eigenvalue weighted by Gasteiger charge is -2.10. The van der Waals surface area contributed by atoms with E-state index in [9.17, 15) is 5.11 Å². The van der Waals surface area contributed by atoms with Gasteiger partial charge in [0.25, 0.3) is 0 Å². The average molecular weight is 301 g/mol. The van der Waals surface area contributed by atoms with E-state index in [-0.39, 0.29) is 12.7 Å². The first-order valence-electron chi connectivity index (χ1n) is 9.60. The van der Waals surface area contributed by atoms with Crippen LogP contribution in [0.2, 0.25) is 0 Å². The zero-order valence-electron chi connectivity index (χ0n) is 14.5. The Balaban J connectivity index is 3.07. The van der Waals surface area contributed by atoms with E-state index in [0.717, 1.165) is 32.1 Å². The van der Waals surface area contributed by atoms with Crippen molar-refractivity contribution in [3.05, 3.63) is 0 Å². The van der Waals surface area contributed by atoms with E-state index in [1.54, 1.807) is 0 Å². The molecule has 2 N–H and O–H groups in total. The molecule has 0 saturated carbocycles. The third kappa shape index (κ3) is 17.9. The molecule has 0 aliphatic heterocycles. The summed E-state index contributed by atoms with van der Waals surface area (Å²) in [5, 5.41) is 18.5. The first kappa shape index (κ1) is 20.9. The van der Waals surface area contributed by atoms with Crippen LogP contribution in [0.5, 0.6) is 0 Å². The van der Waals surface area contributed by atoms with Gasteiger partial charge in [0.1, 0.15) is 0 Å². The van der Waals surface area contributed by atoms with Gasteiger partial charge < -0.3 is 10.2 Å². The van der Waals surface area contributed by atoms with Crippen LogP contribution in [0.25, 0.3) is 0 Å². The van der Waals surface area contributed by atoms with Crippen molar-refractivity contribution in [3.8, 4) is 0 Å². The van der Waals surface area contributed by atoms with E-state index in [2.05, 4.69) is 6.92 Å². The second kappa shape index (κ2) is 18.0. The highest BCUT2D eigenvalue weighted by atomic mass is 16.3. The molecule has 0 aliphatic rings. The number of hydrogen-bond donors (Lipinski definition) is 2. The van der Waals surface area contributed by atoms with Crippen LogP contribution in [0.1, 0.15) is 110 Å². The Hall–Kier alpha value is -0.0800. The zero-order chi connectivity index (χ0) is 15.6. The molecule has 0 heterocycles. The fraction of sp³-hybridized carbons (Fsp3) is 1.00. The van der Waals surface area contributed by atoms with Crippen molar-refractivity contribution in [1.82, 2.24) is 0 Å². The van der Waals surface area contributed by atoms with Gasteiger partial charge in [0.15, 0.2) is 0 Å². The van der Waals surface area contributed by atoms with Crippen LogP contribution in [0.4, 0.5) is 0 Å². The standard InChI is InChI=1S/C19H40O2/c1-2-3-4-5-6-7-8-9-10-11-13-16-19(21)17-14-12-15-18-20/h19-21H,2-18H2,1H3. The Labute approximate surface area is 133 Å². The molecular formula is C19H40O2. The molecule has 2 heteroatoms. The van der Waals surface area contributed by atoms with Crippen LogP contribution in [-0.4, -0.2) is 22.9 Å². The van der Waals surface area contributed by atoms with Crippen molar-refractivity contribution >= 4 is 0 Å². The van der Waals surface area contributed by atoms with E-state index in [1.165, 1.54) is 70.6 Å². The molecule has 21 heavy (non-hydrogen) atoms. The van der Waals surface area contributed by atoms with E-state index in [4.69, 9.17) is 5.11 Å². The second-order valence-electron chi connectivity index (χ2n) is 6.55. The van der Waals surface area contributed by atoms with E-state index >= 15 is 0 Å². The number of unbranched alkanes of at least 4 members (excludes halogenated alkanes) is 12. The van der Waals surface area contributed by atoms with Gasteiger partial charge in [0.2, 0.25) is 0 Å². The predicted molar refractivity (Wildman–Crippen MR) is 92.6 cm³/mol. The minimum atomic E-state index is -0.109. The normalized spacial score (nSPS) is 12.7. The monoisotopic (exact) mass is 300 g/mol. The van der Waals surface area contributed by atoms with Crippen molar-refractivity contribution in [1.29, 1.82) is 0 Å². The van der Waals surface area contributed by atoms with E-state index in [1.807, 2.05) is 0 Å².